The van der Waals surface area contributed by atoms with E-state index in [0.717, 1.165) is 11.5 Å². The summed E-state index contributed by atoms with van der Waals surface area (Å²) in [6.45, 7) is 4.81. The van der Waals surface area contributed by atoms with Crippen molar-refractivity contribution in [2.75, 3.05) is 6.54 Å². The van der Waals surface area contributed by atoms with Crippen LogP contribution in [-0.4, -0.2) is 23.7 Å². The molecule has 2 N–H and O–H groups in total. The fourth-order valence-electron chi connectivity index (χ4n) is 2.52. The van der Waals surface area contributed by atoms with Gasteiger partial charge in [-0.3, -0.25) is 0 Å². The van der Waals surface area contributed by atoms with Gasteiger partial charge in [0.15, 0.2) is 0 Å². The van der Waals surface area contributed by atoms with Gasteiger partial charge in [-0.1, -0.05) is 31.8 Å². The van der Waals surface area contributed by atoms with Gasteiger partial charge in [-0.25, -0.2) is 4.79 Å². The van der Waals surface area contributed by atoms with Crippen LogP contribution < -0.4 is 5.32 Å². The van der Waals surface area contributed by atoms with Gasteiger partial charge in [0.05, 0.1) is 0 Å². The monoisotopic (exact) mass is 225 g/mol. The van der Waals surface area contributed by atoms with Crippen molar-refractivity contribution < 1.29 is 9.90 Å². The van der Waals surface area contributed by atoms with Crippen molar-refractivity contribution in [1.82, 2.24) is 5.32 Å². The van der Waals surface area contributed by atoms with Crippen LogP contribution in [0.15, 0.2) is 11.6 Å². The van der Waals surface area contributed by atoms with E-state index in [2.05, 4.69) is 12.2 Å². The molecule has 1 aliphatic carbocycles. The molecule has 1 rings (SSSR count). The smallest absolute Gasteiger partial charge is 0.328 e. The first-order valence-corrected chi connectivity index (χ1v) is 6.27. The second kappa shape index (κ2) is 6.69. The van der Waals surface area contributed by atoms with Crippen LogP contribution in [0.2, 0.25) is 0 Å². The third-order valence-electron chi connectivity index (χ3n) is 3.45. The quantitative estimate of drug-likeness (QED) is 0.707. The molecule has 0 aromatic rings. The third-order valence-corrected chi connectivity index (χ3v) is 3.45. The number of rotatable bonds is 5. The molecule has 2 unspecified atom stereocenters. The molecule has 0 aromatic carbocycles. The zero-order chi connectivity index (χ0) is 12.0. The number of carbonyl (C=O) groups is 1. The van der Waals surface area contributed by atoms with Crippen molar-refractivity contribution in [2.45, 2.75) is 52.0 Å². The average molecular weight is 225 g/mol. The summed E-state index contributed by atoms with van der Waals surface area (Å²) in [6, 6.07) is 0.580. The number of carboxylic acid groups (broad SMARTS) is 1. The van der Waals surface area contributed by atoms with E-state index in [1.165, 1.54) is 38.2 Å². The summed E-state index contributed by atoms with van der Waals surface area (Å²) in [6.07, 6.45) is 7.71. The molecule has 1 aliphatic rings. The van der Waals surface area contributed by atoms with E-state index < -0.39 is 5.97 Å². The van der Waals surface area contributed by atoms with Crippen LogP contribution >= 0.6 is 0 Å². The van der Waals surface area contributed by atoms with Gasteiger partial charge in [0.25, 0.3) is 0 Å². The van der Waals surface area contributed by atoms with Gasteiger partial charge in [-0.2, -0.15) is 0 Å². The fraction of sp³-hybridized carbons (Fsp3) is 0.769. The molecule has 0 aromatic heterocycles. The van der Waals surface area contributed by atoms with Crippen LogP contribution in [0.25, 0.3) is 0 Å². The average Bonchev–Trinajstić information content (AvgIpc) is 2.26. The van der Waals surface area contributed by atoms with Crippen LogP contribution in [0.5, 0.6) is 0 Å². The lowest BCUT2D eigenvalue weighted by molar-refractivity contribution is -0.131. The lowest BCUT2D eigenvalue weighted by Crippen LogP contribution is -2.39. The van der Waals surface area contributed by atoms with Crippen molar-refractivity contribution in [1.29, 1.82) is 0 Å². The van der Waals surface area contributed by atoms with Gasteiger partial charge in [0.1, 0.15) is 0 Å². The SMILES string of the molecule is CCC1CCCCC1NCC(C)=CC(=O)O. The summed E-state index contributed by atoms with van der Waals surface area (Å²) >= 11 is 0. The summed E-state index contributed by atoms with van der Waals surface area (Å²) < 4.78 is 0. The lowest BCUT2D eigenvalue weighted by Gasteiger charge is -2.31. The summed E-state index contributed by atoms with van der Waals surface area (Å²) in [5.41, 5.74) is 0.896. The van der Waals surface area contributed by atoms with Crippen molar-refractivity contribution in [3.63, 3.8) is 0 Å². The number of carboxylic acids is 1. The first-order chi connectivity index (χ1) is 7.63. The number of hydrogen-bond donors (Lipinski definition) is 2. The minimum Gasteiger partial charge on any atom is -0.478 e. The van der Waals surface area contributed by atoms with Crippen LogP contribution in [0, 0.1) is 5.92 Å². The third kappa shape index (κ3) is 4.35. The van der Waals surface area contributed by atoms with Gasteiger partial charge in [0, 0.05) is 18.7 Å². The Labute approximate surface area is 97.9 Å². The van der Waals surface area contributed by atoms with Crippen LogP contribution in [0.1, 0.15) is 46.0 Å². The zero-order valence-electron chi connectivity index (χ0n) is 10.3. The molecule has 1 fully saturated rings. The molecule has 92 valence electrons. The number of nitrogens with one attached hydrogen (secondary N) is 1. The molecular formula is C13H23NO2. The lowest BCUT2D eigenvalue weighted by atomic mass is 9.83. The normalized spacial score (nSPS) is 26.8. The molecule has 0 radical (unpaired) electrons. The highest BCUT2D eigenvalue weighted by Crippen LogP contribution is 2.26. The molecule has 0 aliphatic heterocycles. The van der Waals surface area contributed by atoms with E-state index in [4.69, 9.17) is 5.11 Å². The van der Waals surface area contributed by atoms with Gasteiger partial charge in [0.2, 0.25) is 0 Å². The summed E-state index contributed by atoms with van der Waals surface area (Å²) in [4.78, 5) is 10.5. The maximum atomic E-state index is 10.5. The molecule has 3 heteroatoms. The Morgan fingerprint density at radius 1 is 1.44 bits per heavy atom. The van der Waals surface area contributed by atoms with Gasteiger partial charge in [-0.15, -0.1) is 0 Å². The Bertz CT molecular complexity index is 261. The Morgan fingerprint density at radius 3 is 2.75 bits per heavy atom. The second-order valence-corrected chi connectivity index (χ2v) is 4.77. The standard InChI is InChI=1S/C13H23NO2/c1-3-11-6-4-5-7-12(11)14-9-10(2)8-13(15)16/h8,11-12,14H,3-7,9H2,1-2H3,(H,15,16). The van der Waals surface area contributed by atoms with E-state index in [1.54, 1.807) is 0 Å². The van der Waals surface area contributed by atoms with E-state index in [-0.39, 0.29) is 0 Å². The van der Waals surface area contributed by atoms with Crippen molar-refractivity contribution in [3.8, 4) is 0 Å². The molecule has 2 atom stereocenters. The maximum Gasteiger partial charge on any atom is 0.328 e. The molecule has 16 heavy (non-hydrogen) atoms. The van der Waals surface area contributed by atoms with Gasteiger partial charge in [-0.05, 0) is 25.7 Å². The van der Waals surface area contributed by atoms with Gasteiger partial charge >= 0.3 is 5.97 Å². The van der Waals surface area contributed by atoms with Crippen molar-refractivity contribution >= 4 is 5.97 Å². The van der Waals surface area contributed by atoms with E-state index in [1.807, 2.05) is 6.92 Å². The molecular weight excluding hydrogens is 202 g/mol. The Morgan fingerprint density at radius 2 is 2.12 bits per heavy atom. The minimum absolute atomic E-state index is 0.580. The van der Waals surface area contributed by atoms with Crippen LogP contribution in [0.3, 0.4) is 0 Å². The second-order valence-electron chi connectivity index (χ2n) is 4.77. The topological polar surface area (TPSA) is 49.3 Å². The predicted octanol–water partition coefficient (Wildman–Crippen LogP) is 2.58. The Hall–Kier alpha value is -0.830. The zero-order valence-corrected chi connectivity index (χ0v) is 10.3. The minimum atomic E-state index is -0.852. The largest absolute Gasteiger partial charge is 0.478 e. The first-order valence-electron chi connectivity index (χ1n) is 6.27. The van der Waals surface area contributed by atoms with Crippen LogP contribution in [0.4, 0.5) is 0 Å². The summed E-state index contributed by atoms with van der Waals surface area (Å²) in [5.74, 6) is -0.0821. The van der Waals surface area contributed by atoms with E-state index in [0.29, 0.717) is 12.6 Å². The first kappa shape index (κ1) is 13.2. The number of aliphatic carboxylic acids is 1. The van der Waals surface area contributed by atoms with Crippen molar-refractivity contribution in [3.05, 3.63) is 11.6 Å². The Balaban J connectivity index is 2.38. The molecule has 1 saturated carbocycles. The van der Waals surface area contributed by atoms with Crippen molar-refractivity contribution in [2.24, 2.45) is 5.92 Å². The molecule has 3 nitrogen and oxygen atoms in total. The highest BCUT2D eigenvalue weighted by atomic mass is 16.4. The molecule has 0 saturated heterocycles. The fourth-order valence-corrected chi connectivity index (χ4v) is 2.52. The predicted molar refractivity (Wildman–Crippen MR) is 65.4 cm³/mol. The molecule has 0 amide bonds. The van der Waals surface area contributed by atoms with Gasteiger partial charge < -0.3 is 10.4 Å². The molecule has 0 heterocycles. The summed E-state index contributed by atoms with van der Waals surface area (Å²) in [5, 5.41) is 12.1. The van der Waals surface area contributed by atoms with E-state index >= 15 is 0 Å². The number of hydrogen-bond acceptors (Lipinski definition) is 2. The summed E-state index contributed by atoms with van der Waals surface area (Å²) in [7, 11) is 0. The Kier molecular flexibility index (Phi) is 5.53. The maximum absolute atomic E-state index is 10.5. The van der Waals surface area contributed by atoms with E-state index in [9.17, 15) is 4.79 Å². The molecule has 0 bridgehead atoms. The highest BCUT2D eigenvalue weighted by molar-refractivity contribution is 5.80. The highest BCUT2D eigenvalue weighted by Gasteiger charge is 2.22. The van der Waals surface area contributed by atoms with Crippen LogP contribution in [-0.2, 0) is 4.79 Å². The molecule has 0 spiro atoms.